The third-order valence-electron chi connectivity index (χ3n) is 4.07. The first-order chi connectivity index (χ1) is 14.9. The summed E-state index contributed by atoms with van der Waals surface area (Å²) in [5.74, 6) is -0.0701. The van der Waals surface area contributed by atoms with Crippen molar-refractivity contribution in [2.24, 2.45) is 4.99 Å². The van der Waals surface area contributed by atoms with E-state index in [4.69, 9.17) is 25.4 Å². The van der Waals surface area contributed by atoms with Crippen LogP contribution in [-0.2, 0) is 33.7 Å². The van der Waals surface area contributed by atoms with Gasteiger partial charge in [0.1, 0.15) is 11.4 Å². The van der Waals surface area contributed by atoms with Gasteiger partial charge in [-0.1, -0.05) is 11.6 Å². The van der Waals surface area contributed by atoms with Gasteiger partial charge in [0.05, 0.1) is 26.0 Å². The molecule has 0 radical (unpaired) electrons. The van der Waals surface area contributed by atoms with Crippen molar-refractivity contribution >= 4 is 49.9 Å². The third kappa shape index (κ3) is 6.65. The number of hydrogen-bond donors (Lipinski definition) is 2. The van der Waals surface area contributed by atoms with E-state index >= 15 is 0 Å². The van der Waals surface area contributed by atoms with Crippen LogP contribution in [0.25, 0.3) is 0 Å². The van der Waals surface area contributed by atoms with Crippen molar-refractivity contribution in [3.63, 3.8) is 0 Å². The molecule has 1 unspecified atom stereocenters. The molecule has 0 saturated heterocycles. The van der Waals surface area contributed by atoms with Gasteiger partial charge in [-0.05, 0) is 38.8 Å². The summed E-state index contributed by atoms with van der Waals surface area (Å²) in [4.78, 5) is 34.4. The number of amides is 2. The SMILES string of the molecule is CCOP(=O)(CCCCOC1(c2nc(NC=O)nc(Cl)c2NC=O)C=CC=N1)OCC. The van der Waals surface area contributed by atoms with E-state index in [1.54, 1.807) is 26.0 Å². The van der Waals surface area contributed by atoms with E-state index in [1.165, 1.54) is 6.21 Å². The largest absolute Gasteiger partial charge is 0.345 e. The fourth-order valence-electron chi connectivity index (χ4n) is 2.86. The van der Waals surface area contributed by atoms with Gasteiger partial charge in [-0.2, -0.15) is 4.98 Å². The second-order valence-electron chi connectivity index (χ2n) is 6.15. The molecule has 31 heavy (non-hydrogen) atoms. The predicted molar refractivity (Wildman–Crippen MR) is 117 cm³/mol. The lowest BCUT2D eigenvalue weighted by atomic mass is 10.1. The molecule has 2 rings (SSSR count). The average molecular weight is 474 g/mol. The Morgan fingerprint density at radius 2 is 1.84 bits per heavy atom. The summed E-state index contributed by atoms with van der Waals surface area (Å²) in [6.07, 6.45) is 6.96. The lowest BCUT2D eigenvalue weighted by Crippen LogP contribution is -2.28. The smallest absolute Gasteiger partial charge is 0.330 e. The third-order valence-corrected chi connectivity index (χ3v) is 6.51. The Balaban J connectivity index is 2.15. The van der Waals surface area contributed by atoms with Gasteiger partial charge >= 0.3 is 7.60 Å². The highest BCUT2D eigenvalue weighted by atomic mass is 35.5. The van der Waals surface area contributed by atoms with Gasteiger partial charge in [-0.15, -0.1) is 0 Å². The lowest BCUT2D eigenvalue weighted by molar-refractivity contribution is -0.106. The van der Waals surface area contributed by atoms with Crippen LogP contribution in [-0.4, -0.2) is 55.0 Å². The Kier molecular flexibility index (Phi) is 9.73. The van der Waals surface area contributed by atoms with E-state index in [-0.39, 0.29) is 35.3 Å². The Bertz CT molecular complexity index is 859. The Labute approximate surface area is 185 Å². The number of carbonyl (C=O) groups is 2. The number of allylic oxidation sites excluding steroid dienone is 1. The van der Waals surface area contributed by atoms with Gasteiger partial charge in [-0.25, -0.2) is 9.98 Å². The van der Waals surface area contributed by atoms with Crippen molar-refractivity contribution in [2.75, 3.05) is 36.6 Å². The molecule has 170 valence electrons. The molecule has 1 aromatic heterocycles. The number of nitrogens with one attached hydrogen (secondary N) is 2. The van der Waals surface area contributed by atoms with E-state index in [1.807, 2.05) is 0 Å². The fourth-order valence-corrected chi connectivity index (χ4v) is 4.81. The van der Waals surface area contributed by atoms with Crippen molar-refractivity contribution in [3.8, 4) is 0 Å². The van der Waals surface area contributed by atoms with Crippen molar-refractivity contribution in [1.29, 1.82) is 0 Å². The topological polar surface area (TPSA) is 141 Å². The normalized spacial score (nSPS) is 17.6. The first kappa shape index (κ1) is 25.1. The van der Waals surface area contributed by atoms with Gasteiger partial charge in [0.15, 0.2) is 5.15 Å². The highest BCUT2D eigenvalue weighted by Crippen LogP contribution is 2.48. The van der Waals surface area contributed by atoms with Crippen LogP contribution in [0.1, 0.15) is 32.4 Å². The van der Waals surface area contributed by atoms with Gasteiger partial charge < -0.3 is 19.1 Å². The standard InChI is InChI=1S/C18H25ClN5O6P/c1-3-29-31(27,30-4-2)11-6-5-10-28-18(8-7-9-22-18)15-14(20-12-25)16(19)24-17(23-15)21-13-26/h7-9,12-13H,3-6,10-11H2,1-2H3,(H,20,25)(H,21,23,24,26). The van der Waals surface area contributed by atoms with Crippen LogP contribution in [0.3, 0.4) is 0 Å². The average Bonchev–Trinajstić information content (AvgIpc) is 3.20. The zero-order valence-electron chi connectivity index (χ0n) is 17.2. The van der Waals surface area contributed by atoms with E-state index in [0.29, 0.717) is 38.9 Å². The molecular weight excluding hydrogens is 449 g/mol. The summed E-state index contributed by atoms with van der Waals surface area (Å²) in [5.41, 5.74) is -1.11. The van der Waals surface area contributed by atoms with Gasteiger partial charge in [-0.3, -0.25) is 19.5 Å². The molecule has 0 bridgehead atoms. The predicted octanol–water partition coefficient (Wildman–Crippen LogP) is 3.12. The van der Waals surface area contributed by atoms with Crippen LogP contribution in [0.15, 0.2) is 17.1 Å². The first-order valence-electron chi connectivity index (χ1n) is 9.67. The molecule has 1 aliphatic rings. The molecule has 1 aliphatic heterocycles. The lowest BCUT2D eigenvalue weighted by Gasteiger charge is -2.26. The van der Waals surface area contributed by atoms with E-state index in [0.717, 1.165) is 0 Å². The zero-order valence-corrected chi connectivity index (χ0v) is 18.9. The van der Waals surface area contributed by atoms with E-state index < -0.39 is 13.3 Å². The summed E-state index contributed by atoms with van der Waals surface area (Å²) in [5, 5.41) is 4.69. The maximum absolute atomic E-state index is 12.5. The van der Waals surface area contributed by atoms with Crippen LogP contribution < -0.4 is 10.6 Å². The zero-order chi connectivity index (χ0) is 22.7. The van der Waals surface area contributed by atoms with Crippen molar-refractivity contribution in [1.82, 2.24) is 9.97 Å². The number of aromatic nitrogens is 2. The van der Waals surface area contributed by atoms with Crippen LogP contribution >= 0.6 is 19.2 Å². The van der Waals surface area contributed by atoms with Gasteiger partial charge in [0.2, 0.25) is 24.5 Å². The fraction of sp³-hybridized carbons (Fsp3) is 0.500. The highest BCUT2D eigenvalue weighted by Gasteiger charge is 2.37. The number of aliphatic imine (C=N–C) groups is 1. The van der Waals surface area contributed by atoms with E-state index in [9.17, 15) is 14.2 Å². The van der Waals surface area contributed by atoms with Crippen molar-refractivity contribution in [3.05, 3.63) is 23.0 Å². The Morgan fingerprint density at radius 3 is 2.42 bits per heavy atom. The monoisotopic (exact) mass is 473 g/mol. The molecule has 0 aliphatic carbocycles. The maximum atomic E-state index is 12.5. The molecule has 0 fully saturated rings. The second kappa shape index (κ2) is 12.0. The molecule has 13 heteroatoms. The number of anilines is 2. The number of ether oxygens (including phenoxy) is 1. The summed E-state index contributed by atoms with van der Waals surface area (Å²) in [7, 11) is -3.12. The highest BCUT2D eigenvalue weighted by molar-refractivity contribution is 7.53. The molecular formula is C18H25ClN5O6P. The van der Waals surface area contributed by atoms with Crippen molar-refractivity contribution < 1.29 is 27.9 Å². The molecule has 2 amide bonds. The second-order valence-corrected chi connectivity index (χ2v) is 8.69. The molecule has 1 aromatic rings. The summed E-state index contributed by atoms with van der Waals surface area (Å²) in [6.45, 7) is 4.34. The molecule has 0 spiro atoms. The number of unbranched alkanes of at least 4 members (excludes halogenated alkanes) is 1. The summed E-state index contributed by atoms with van der Waals surface area (Å²) < 4.78 is 29.1. The van der Waals surface area contributed by atoms with Crippen molar-refractivity contribution in [2.45, 2.75) is 32.4 Å². The Hall–Kier alpha value is -2.17. The first-order valence-corrected chi connectivity index (χ1v) is 11.8. The van der Waals surface area contributed by atoms with Crippen LogP contribution in [0.4, 0.5) is 11.6 Å². The maximum Gasteiger partial charge on any atom is 0.330 e. The molecule has 2 heterocycles. The number of hydrogen-bond acceptors (Lipinski definition) is 9. The van der Waals surface area contributed by atoms with Crippen LogP contribution in [0.2, 0.25) is 5.15 Å². The minimum atomic E-state index is -3.12. The molecule has 0 aromatic carbocycles. The minimum absolute atomic E-state index is 0.0701. The molecule has 0 saturated carbocycles. The van der Waals surface area contributed by atoms with E-state index in [2.05, 4.69) is 25.6 Å². The summed E-state index contributed by atoms with van der Waals surface area (Å²) in [6, 6.07) is 0. The minimum Gasteiger partial charge on any atom is -0.345 e. The number of carbonyl (C=O) groups excluding carboxylic acids is 2. The summed E-state index contributed by atoms with van der Waals surface area (Å²) >= 11 is 6.16. The Morgan fingerprint density at radius 1 is 1.13 bits per heavy atom. The number of rotatable bonds is 15. The number of nitrogens with zero attached hydrogens (tertiary/aromatic N) is 3. The molecule has 1 atom stereocenters. The van der Waals surface area contributed by atoms with Gasteiger partial charge in [0, 0.05) is 6.21 Å². The van der Waals surface area contributed by atoms with Gasteiger partial charge in [0.25, 0.3) is 0 Å². The van der Waals surface area contributed by atoms with Crippen LogP contribution in [0, 0.1) is 0 Å². The quantitative estimate of drug-likeness (QED) is 0.171. The van der Waals surface area contributed by atoms with Crippen LogP contribution in [0.5, 0.6) is 0 Å². The molecule has 2 N–H and O–H groups in total. The number of halogens is 1. The molecule has 11 nitrogen and oxygen atoms in total.